The van der Waals surface area contributed by atoms with E-state index in [2.05, 4.69) is 24.1 Å². The number of likely N-dealkylation sites (N-methyl/N-ethyl adjacent to an activating group) is 1. The average molecular weight is 279 g/mol. The van der Waals surface area contributed by atoms with Crippen molar-refractivity contribution in [3.63, 3.8) is 0 Å². The maximum Gasteiger partial charge on any atom is 0.223 e. The second-order valence-corrected chi connectivity index (χ2v) is 5.10. The minimum absolute atomic E-state index is 0.00561. The Hall–Kier alpha value is -1.75. The first kappa shape index (κ1) is 16.3. The number of benzene rings is 1. The van der Waals surface area contributed by atoms with E-state index in [0.717, 1.165) is 6.54 Å². The molecule has 0 bridgehead atoms. The van der Waals surface area contributed by atoms with Gasteiger partial charge in [-0.15, -0.1) is 0 Å². The van der Waals surface area contributed by atoms with Gasteiger partial charge < -0.3 is 20.7 Å². The number of nitrogen functional groups attached to an aromatic ring is 1. The monoisotopic (exact) mass is 279 g/mol. The molecule has 5 nitrogen and oxygen atoms in total. The maximum atomic E-state index is 11.6. The highest BCUT2D eigenvalue weighted by Gasteiger charge is 2.05. The van der Waals surface area contributed by atoms with Gasteiger partial charge in [0.15, 0.2) is 0 Å². The third kappa shape index (κ3) is 6.43. The fourth-order valence-corrected chi connectivity index (χ4v) is 1.58. The van der Waals surface area contributed by atoms with Crippen LogP contribution in [0.4, 0.5) is 5.69 Å². The Balaban J connectivity index is 2.14. The zero-order chi connectivity index (χ0) is 15.0. The quantitative estimate of drug-likeness (QED) is 0.708. The molecule has 20 heavy (non-hydrogen) atoms. The van der Waals surface area contributed by atoms with Crippen molar-refractivity contribution >= 4 is 11.6 Å². The number of nitrogens with two attached hydrogens (primary N) is 1. The number of hydrogen-bond donors (Lipinski definition) is 2. The molecule has 1 amide bonds. The molecule has 0 saturated carbocycles. The number of hydrogen-bond acceptors (Lipinski definition) is 4. The van der Waals surface area contributed by atoms with E-state index < -0.39 is 0 Å². The lowest BCUT2D eigenvalue weighted by Crippen LogP contribution is -2.36. The molecule has 1 aromatic carbocycles. The second kappa shape index (κ2) is 8.43. The zero-order valence-electron chi connectivity index (χ0n) is 12.6. The lowest BCUT2D eigenvalue weighted by atomic mass is 10.3. The molecule has 0 aliphatic carbocycles. The first-order valence-electron chi connectivity index (χ1n) is 6.94. The van der Waals surface area contributed by atoms with Gasteiger partial charge in [0.05, 0.1) is 13.0 Å². The van der Waals surface area contributed by atoms with E-state index >= 15 is 0 Å². The molecule has 0 atom stereocenters. The van der Waals surface area contributed by atoms with Gasteiger partial charge in [-0.1, -0.05) is 6.07 Å². The SMILES string of the molecule is CC(C)N(C)CCNC(=O)CCOc1cccc(N)c1. The minimum atomic E-state index is 0.00561. The average Bonchev–Trinajstić information content (AvgIpc) is 2.38. The largest absolute Gasteiger partial charge is 0.493 e. The first-order chi connectivity index (χ1) is 9.49. The van der Waals surface area contributed by atoms with Crippen LogP contribution in [0.5, 0.6) is 5.75 Å². The smallest absolute Gasteiger partial charge is 0.223 e. The molecular weight excluding hydrogens is 254 g/mol. The summed E-state index contributed by atoms with van der Waals surface area (Å²) in [6.07, 6.45) is 0.347. The van der Waals surface area contributed by atoms with Gasteiger partial charge in [-0.2, -0.15) is 0 Å². The van der Waals surface area contributed by atoms with E-state index in [1.165, 1.54) is 0 Å². The number of ether oxygens (including phenoxy) is 1. The van der Waals surface area contributed by atoms with E-state index in [4.69, 9.17) is 10.5 Å². The van der Waals surface area contributed by atoms with Gasteiger partial charge in [0.2, 0.25) is 5.91 Å². The number of nitrogens with zero attached hydrogens (tertiary/aromatic N) is 1. The van der Waals surface area contributed by atoms with Gasteiger partial charge in [0, 0.05) is 30.9 Å². The standard InChI is InChI=1S/C15H25N3O2/c1-12(2)18(3)9-8-17-15(19)7-10-20-14-6-4-5-13(16)11-14/h4-6,11-12H,7-10,16H2,1-3H3,(H,17,19). The lowest BCUT2D eigenvalue weighted by molar-refractivity contribution is -0.121. The fraction of sp³-hybridized carbons (Fsp3) is 0.533. The Kier molecular flexibility index (Phi) is 6.87. The second-order valence-electron chi connectivity index (χ2n) is 5.10. The van der Waals surface area contributed by atoms with Crippen LogP contribution in [0.15, 0.2) is 24.3 Å². The summed E-state index contributed by atoms with van der Waals surface area (Å²) in [4.78, 5) is 13.8. The van der Waals surface area contributed by atoms with Crippen molar-refractivity contribution in [2.75, 3.05) is 32.5 Å². The Bertz CT molecular complexity index is 421. The molecule has 1 aromatic rings. The highest BCUT2D eigenvalue weighted by Crippen LogP contribution is 2.14. The topological polar surface area (TPSA) is 67.6 Å². The summed E-state index contributed by atoms with van der Waals surface area (Å²) in [5.41, 5.74) is 6.30. The van der Waals surface area contributed by atoms with Gasteiger partial charge >= 0.3 is 0 Å². The van der Waals surface area contributed by atoms with Gasteiger partial charge in [-0.05, 0) is 33.0 Å². The highest BCUT2D eigenvalue weighted by atomic mass is 16.5. The Morgan fingerprint density at radius 3 is 2.85 bits per heavy atom. The summed E-state index contributed by atoms with van der Waals surface area (Å²) in [7, 11) is 2.04. The van der Waals surface area contributed by atoms with Crippen molar-refractivity contribution < 1.29 is 9.53 Å². The molecule has 0 heterocycles. The minimum Gasteiger partial charge on any atom is -0.493 e. The van der Waals surface area contributed by atoms with Crippen LogP contribution < -0.4 is 15.8 Å². The molecule has 3 N–H and O–H groups in total. The van der Waals surface area contributed by atoms with Crippen molar-refractivity contribution in [2.24, 2.45) is 0 Å². The molecule has 0 aromatic heterocycles. The molecule has 1 rings (SSSR count). The summed E-state index contributed by atoms with van der Waals surface area (Å²) < 4.78 is 5.47. The summed E-state index contributed by atoms with van der Waals surface area (Å²) in [6, 6.07) is 7.68. The normalized spacial score (nSPS) is 10.8. The fourth-order valence-electron chi connectivity index (χ4n) is 1.58. The van der Waals surface area contributed by atoms with Crippen LogP contribution >= 0.6 is 0 Å². The van der Waals surface area contributed by atoms with Crippen LogP contribution in [0.2, 0.25) is 0 Å². The maximum absolute atomic E-state index is 11.6. The number of anilines is 1. The predicted molar refractivity (Wildman–Crippen MR) is 81.7 cm³/mol. The van der Waals surface area contributed by atoms with E-state index in [1.54, 1.807) is 12.1 Å². The van der Waals surface area contributed by atoms with Crippen LogP contribution in [0.1, 0.15) is 20.3 Å². The molecule has 112 valence electrons. The molecule has 5 heteroatoms. The summed E-state index contributed by atoms with van der Waals surface area (Å²) in [5.74, 6) is 0.698. The van der Waals surface area contributed by atoms with Gasteiger partial charge in [-0.25, -0.2) is 0 Å². The van der Waals surface area contributed by atoms with Crippen LogP contribution in [0.3, 0.4) is 0 Å². The summed E-state index contributed by atoms with van der Waals surface area (Å²) in [5, 5.41) is 2.88. The van der Waals surface area contributed by atoms with Gasteiger partial charge in [0.25, 0.3) is 0 Å². The zero-order valence-corrected chi connectivity index (χ0v) is 12.6. The van der Waals surface area contributed by atoms with Crippen molar-refractivity contribution in [1.29, 1.82) is 0 Å². The van der Waals surface area contributed by atoms with E-state index in [-0.39, 0.29) is 5.91 Å². The van der Waals surface area contributed by atoms with E-state index in [1.807, 2.05) is 19.2 Å². The Morgan fingerprint density at radius 1 is 1.45 bits per heavy atom. The van der Waals surface area contributed by atoms with Crippen LogP contribution in [0.25, 0.3) is 0 Å². The van der Waals surface area contributed by atoms with Crippen LogP contribution in [0, 0.1) is 0 Å². The first-order valence-corrected chi connectivity index (χ1v) is 6.94. The van der Waals surface area contributed by atoms with Crippen molar-refractivity contribution in [3.05, 3.63) is 24.3 Å². The van der Waals surface area contributed by atoms with Crippen LogP contribution in [-0.4, -0.2) is 43.6 Å². The summed E-state index contributed by atoms with van der Waals surface area (Å²) in [6.45, 7) is 6.11. The molecule has 0 aliphatic heterocycles. The summed E-state index contributed by atoms with van der Waals surface area (Å²) >= 11 is 0. The van der Waals surface area contributed by atoms with Crippen molar-refractivity contribution in [3.8, 4) is 5.75 Å². The lowest BCUT2D eigenvalue weighted by Gasteiger charge is -2.20. The Morgan fingerprint density at radius 2 is 2.20 bits per heavy atom. The molecule has 0 radical (unpaired) electrons. The number of amides is 1. The number of nitrogens with one attached hydrogen (secondary N) is 1. The third-order valence-electron chi connectivity index (χ3n) is 3.12. The molecule has 0 unspecified atom stereocenters. The molecule has 0 saturated heterocycles. The molecule has 0 fully saturated rings. The van der Waals surface area contributed by atoms with Gasteiger partial charge in [-0.3, -0.25) is 4.79 Å². The Labute approximate surface area is 121 Å². The van der Waals surface area contributed by atoms with E-state index in [0.29, 0.717) is 37.1 Å². The van der Waals surface area contributed by atoms with Crippen LogP contribution in [-0.2, 0) is 4.79 Å². The molecule has 0 aliphatic rings. The predicted octanol–water partition coefficient (Wildman–Crippen LogP) is 1.49. The van der Waals surface area contributed by atoms with Crippen molar-refractivity contribution in [1.82, 2.24) is 10.2 Å². The molecular formula is C15H25N3O2. The number of carbonyl (C=O) groups is 1. The third-order valence-corrected chi connectivity index (χ3v) is 3.12. The van der Waals surface area contributed by atoms with Crippen molar-refractivity contribution in [2.45, 2.75) is 26.3 Å². The van der Waals surface area contributed by atoms with E-state index in [9.17, 15) is 4.79 Å². The van der Waals surface area contributed by atoms with Gasteiger partial charge in [0.1, 0.15) is 5.75 Å². The molecule has 0 spiro atoms. The highest BCUT2D eigenvalue weighted by molar-refractivity contribution is 5.75. The number of carbonyl (C=O) groups excluding carboxylic acids is 1. The number of rotatable bonds is 8.